The third-order valence-electron chi connectivity index (χ3n) is 6.72. The first-order valence-corrected chi connectivity index (χ1v) is 13.7. The fourth-order valence-corrected chi connectivity index (χ4v) is 4.53. The van der Waals surface area contributed by atoms with Crippen LogP contribution in [0.1, 0.15) is 37.3 Å². The molecule has 2 aromatic rings. The van der Waals surface area contributed by atoms with Crippen LogP contribution in [0.15, 0.2) is 61.4 Å². The van der Waals surface area contributed by atoms with Crippen LogP contribution in [0.5, 0.6) is 0 Å². The average molecular weight is 557 g/mol. The maximum atomic E-state index is 10.9. The van der Waals surface area contributed by atoms with Crippen LogP contribution in [0, 0.1) is 34.5 Å². The highest BCUT2D eigenvalue weighted by Gasteiger charge is 2.37. The van der Waals surface area contributed by atoms with Gasteiger partial charge in [0.15, 0.2) is 5.82 Å². The van der Waals surface area contributed by atoms with E-state index < -0.39 is 0 Å². The molecule has 1 amide bonds. The maximum Gasteiger partial charge on any atom is 0.207 e. The summed E-state index contributed by atoms with van der Waals surface area (Å²) in [4.78, 5) is 24.9. The number of hydrogen-bond acceptors (Lipinski definition) is 6. The van der Waals surface area contributed by atoms with E-state index in [1.807, 2.05) is 25.1 Å². The van der Waals surface area contributed by atoms with Crippen LogP contribution in [-0.4, -0.2) is 55.0 Å². The molecule has 1 aliphatic heterocycles. The highest BCUT2D eigenvalue weighted by molar-refractivity contribution is 6.31. The Bertz CT molecular complexity index is 1360. The third-order valence-corrected chi connectivity index (χ3v) is 6.94. The zero-order valence-electron chi connectivity index (χ0n) is 23.6. The molecule has 0 radical (unpaired) electrons. The number of carbonyl (C=O) groups is 1. The highest BCUT2D eigenvalue weighted by Crippen LogP contribution is 2.43. The quantitative estimate of drug-likeness (QED) is 0.253. The lowest BCUT2D eigenvalue weighted by Gasteiger charge is -2.22. The van der Waals surface area contributed by atoms with E-state index >= 15 is 0 Å². The molecule has 1 N–H and O–H groups in total. The van der Waals surface area contributed by atoms with Crippen LogP contribution in [0.2, 0.25) is 5.02 Å². The molecule has 208 valence electrons. The zero-order valence-corrected chi connectivity index (χ0v) is 24.3. The van der Waals surface area contributed by atoms with Crippen molar-refractivity contribution in [2.45, 2.75) is 32.7 Å². The van der Waals surface area contributed by atoms with E-state index in [9.17, 15) is 4.79 Å². The van der Waals surface area contributed by atoms with Gasteiger partial charge in [0.05, 0.1) is 11.5 Å². The molecule has 4 rings (SSSR count). The molecule has 0 spiro atoms. The molecular formula is C32H37ClN6O. The lowest BCUT2D eigenvalue weighted by molar-refractivity contribution is -0.109. The van der Waals surface area contributed by atoms with Crippen LogP contribution in [0.25, 0.3) is 11.4 Å². The van der Waals surface area contributed by atoms with Gasteiger partial charge in [0, 0.05) is 59.7 Å². The first kappa shape index (κ1) is 30.6. The number of nitrogens with zero attached hydrogens (tertiary/aromatic N) is 5. The lowest BCUT2D eigenvalue weighted by atomic mass is 10.1. The summed E-state index contributed by atoms with van der Waals surface area (Å²) in [5.41, 5.74) is 3.28. The summed E-state index contributed by atoms with van der Waals surface area (Å²) < 4.78 is 0. The molecule has 1 aromatic heterocycles. The predicted molar refractivity (Wildman–Crippen MR) is 163 cm³/mol. The maximum absolute atomic E-state index is 10.9. The monoisotopic (exact) mass is 556 g/mol. The number of halogens is 1. The van der Waals surface area contributed by atoms with E-state index in [1.54, 1.807) is 24.4 Å². The Kier molecular flexibility index (Phi) is 11.1. The Balaban J connectivity index is 0.000000649. The predicted octanol–water partition coefficient (Wildman–Crippen LogP) is 5.39. The van der Waals surface area contributed by atoms with Crippen molar-refractivity contribution in [3.05, 3.63) is 77.5 Å². The van der Waals surface area contributed by atoms with E-state index in [4.69, 9.17) is 21.8 Å². The second-order valence-corrected chi connectivity index (χ2v) is 11.1. The number of carbonyl (C=O) groups excluding carboxylic acids is 1. The van der Waals surface area contributed by atoms with Crippen molar-refractivity contribution < 1.29 is 4.79 Å². The number of allylic oxidation sites excluding steroid dienone is 4. The van der Waals surface area contributed by atoms with Crippen LogP contribution >= 0.6 is 11.6 Å². The van der Waals surface area contributed by atoms with Gasteiger partial charge < -0.3 is 15.1 Å². The lowest BCUT2D eigenvalue weighted by Crippen LogP contribution is -2.27. The smallest absolute Gasteiger partial charge is 0.207 e. The molecule has 1 atom stereocenters. The summed E-state index contributed by atoms with van der Waals surface area (Å²) in [6.45, 7) is 12.7. The summed E-state index contributed by atoms with van der Waals surface area (Å²) >= 11 is 6.41. The molecule has 8 heteroatoms. The van der Waals surface area contributed by atoms with Crippen molar-refractivity contribution in [2.24, 2.45) is 11.3 Å². The first-order valence-electron chi connectivity index (χ1n) is 13.3. The van der Waals surface area contributed by atoms with Gasteiger partial charge in [-0.25, -0.2) is 9.97 Å². The molecule has 0 bridgehead atoms. The van der Waals surface area contributed by atoms with E-state index in [2.05, 4.69) is 65.3 Å². The summed E-state index contributed by atoms with van der Waals surface area (Å²) in [6.07, 6.45) is 11.0. The number of nitrogens with one attached hydrogen (secondary N) is 1. The van der Waals surface area contributed by atoms with Gasteiger partial charge in [-0.3, -0.25) is 4.79 Å². The number of hydrogen-bond donors (Lipinski definition) is 1. The molecule has 1 unspecified atom stereocenters. The van der Waals surface area contributed by atoms with Gasteiger partial charge in [0.1, 0.15) is 5.82 Å². The Hall–Kier alpha value is -3.91. The molecule has 1 saturated heterocycles. The second kappa shape index (κ2) is 14.5. The standard InChI is InChI=1S/C27H30ClN5O.C5H7N/c1-5-7-20(6-2)8-9-21-12-23(14-25(28)13-21)26-30-16-24(15-29-19-34)27(31-26)33-11-10-22(18-33)17-32(3)4;1-5(4-6)2-3-5/h5-7,12-14,16,19,22H,1-2,10-11,15,17-18H2,3-4H3,(H,29,34);2-3H2,1H3/b20-7+;. The van der Waals surface area contributed by atoms with Crippen molar-refractivity contribution in [1.29, 1.82) is 5.26 Å². The van der Waals surface area contributed by atoms with E-state index in [0.717, 1.165) is 67.0 Å². The van der Waals surface area contributed by atoms with E-state index in [0.29, 0.717) is 29.7 Å². The SMILES string of the molecule is C=C/C=C(/C#Cc1cc(Cl)cc(-c2ncc(CNC=O)c(N3CCC(CN(C)C)C3)n2)c1)C=C.CC1(C#N)CC1. The summed E-state index contributed by atoms with van der Waals surface area (Å²) in [5, 5.41) is 11.5. The molecule has 7 nitrogen and oxygen atoms in total. The van der Waals surface area contributed by atoms with Crippen LogP contribution in [0.3, 0.4) is 0 Å². The number of aromatic nitrogens is 2. The number of amides is 1. The second-order valence-electron chi connectivity index (χ2n) is 10.6. The Morgan fingerprint density at radius 2 is 2.10 bits per heavy atom. The molecule has 1 aliphatic carbocycles. The topological polar surface area (TPSA) is 85.2 Å². The van der Waals surface area contributed by atoms with Crippen LogP contribution in [-0.2, 0) is 11.3 Å². The minimum absolute atomic E-state index is 0.0972. The van der Waals surface area contributed by atoms with Crippen molar-refractivity contribution in [3.63, 3.8) is 0 Å². The number of rotatable bonds is 9. The molecule has 2 aliphatic rings. The van der Waals surface area contributed by atoms with Gasteiger partial charge in [-0.2, -0.15) is 5.26 Å². The highest BCUT2D eigenvalue weighted by atomic mass is 35.5. The summed E-state index contributed by atoms with van der Waals surface area (Å²) in [7, 11) is 4.19. The molecule has 2 heterocycles. The minimum Gasteiger partial charge on any atom is -0.356 e. The van der Waals surface area contributed by atoms with Crippen molar-refractivity contribution in [1.82, 2.24) is 20.2 Å². The molecule has 1 aromatic carbocycles. The van der Waals surface area contributed by atoms with Crippen molar-refractivity contribution in [3.8, 4) is 29.3 Å². The molecule has 1 saturated carbocycles. The van der Waals surface area contributed by atoms with Crippen molar-refractivity contribution >= 4 is 23.8 Å². The normalized spacial score (nSPS) is 17.1. The minimum atomic E-state index is 0.0972. The van der Waals surface area contributed by atoms with E-state index in [1.165, 1.54) is 0 Å². The fraction of sp³-hybridized carbons (Fsp3) is 0.375. The van der Waals surface area contributed by atoms with Gasteiger partial charge in [0.2, 0.25) is 6.41 Å². The van der Waals surface area contributed by atoms with Gasteiger partial charge >= 0.3 is 0 Å². The fourth-order valence-electron chi connectivity index (χ4n) is 4.30. The number of benzene rings is 1. The molecule has 40 heavy (non-hydrogen) atoms. The van der Waals surface area contributed by atoms with Crippen LogP contribution in [0.4, 0.5) is 5.82 Å². The van der Waals surface area contributed by atoms with Gasteiger partial charge in [-0.15, -0.1) is 0 Å². The summed E-state index contributed by atoms with van der Waals surface area (Å²) in [6, 6.07) is 7.78. The Morgan fingerprint density at radius 3 is 2.70 bits per heavy atom. The zero-order chi connectivity index (χ0) is 29.1. The van der Waals surface area contributed by atoms with E-state index in [-0.39, 0.29) is 5.41 Å². The first-order chi connectivity index (χ1) is 19.2. The van der Waals surface area contributed by atoms with Gasteiger partial charge in [-0.05, 0) is 70.5 Å². The largest absolute Gasteiger partial charge is 0.356 e. The average Bonchev–Trinajstić information content (AvgIpc) is 3.52. The van der Waals surface area contributed by atoms with Gasteiger partial charge in [-0.1, -0.05) is 48.8 Å². The third kappa shape index (κ3) is 9.09. The number of nitriles is 1. The summed E-state index contributed by atoms with van der Waals surface area (Å²) in [5.74, 6) is 8.17. The Morgan fingerprint density at radius 1 is 1.32 bits per heavy atom. The van der Waals surface area contributed by atoms with Crippen molar-refractivity contribution in [2.75, 3.05) is 38.6 Å². The number of anilines is 1. The molecule has 2 fully saturated rings. The molecular weight excluding hydrogens is 520 g/mol. The van der Waals surface area contributed by atoms with Crippen LogP contribution < -0.4 is 10.2 Å². The van der Waals surface area contributed by atoms with Gasteiger partial charge in [0.25, 0.3) is 0 Å². The Labute approximate surface area is 243 Å².